The molecule has 0 fully saturated rings. The Bertz CT molecular complexity index is 631. The molecule has 0 aliphatic rings. The maximum atomic E-state index is 13.3. The van der Waals surface area contributed by atoms with Gasteiger partial charge in [-0.3, -0.25) is 4.99 Å². The zero-order valence-electron chi connectivity index (χ0n) is 12.2. The highest BCUT2D eigenvalue weighted by Crippen LogP contribution is 2.25. The van der Waals surface area contributed by atoms with Gasteiger partial charge >= 0.3 is 0 Å². The van der Waals surface area contributed by atoms with Gasteiger partial charge in [-0.05, 0) is 39.0 Å². The lowest BCUT2D eigenvalue weighted by atomic mass is 10.1. The zero-order valence-corrected chi connectivity index (χ0v) is 12.2. The van der Waals surface area contributed by atoms with Crippen LogP contribution in [0.25, 0.3) is 11.0 Å². The number of aryl methyl sites for hydroxylation is 1. The average Bonchev–Trinajstić information content (AvgIpc) is 2.71. The lowest BCUT2D eigenvalue weighted by molar-refractivity contribution is 0.532. The van der Waals surface area contributed by atoms with Gasteiger partial charge in [0.2, 0.25) is 0 Å². The van der Waals surface area contributed by atoms with Crippen molar-refractivity contribution in [3.63, 3.8) is 0 Å². The van der Waals surface area contributed by atoms with E-state index >= 15 is 0 Å². The molecule has 0 unspecified atom stereocenters. The molecule has 0 radical (unpaired) electrons. The molecule has 1 aromatic carbocycles. The van der Waals surface area contributed by atoms with Crippen LogP contribution in [0.4, 0.5) is 4.39 Å². The van der Waals surface area contributed by atoms with Crippen molar-refractivity contribution in [2.45, 2.75) is 33.4 Å². The molecule has 1 aromatic heterocycles. The number of nitrogens with zero attached hydrogens (tertiary/aromatic N) is 1. The molecule has 20 heavy (non-hydrogen) atoms. The second kappa shape index (κ2) is 5.94. The van der Waals surface area contributed by atoms with Crippen molar-refractivity contribution in [1.29, 1.82) is 0 Å². The molecule has 2 N–H and O–H groups in total. The zero-order chi connectivity index (χ0) is 14.7. The standard InChI is InChI=1S/C15H20FN3O/c1-9(2)19-15(17-4)18-8-14-10(3)12-7-11(16)5-6-13(12)20-14/h5-7,9H,8H2,1-4H3,(H2,17,18,19). The highest BCUT2D eigenvalue weighted by atomic mass is 19.1. The SMILES string of the molecule is CN=C(NCc1oc2ccc(F)cc2c1C)NC(C)C. The van der Waals surface area contributed by atoms with Crippen molar-refractivity contribution in [2.24, 2.45) is 4.99 Å². The lowest BCUT2D eigenvalue weighted by Gasteiger charge is -2.13. The summed E-state index contributed by atoms with van der Waals surface area (Å²) in [6.07, 6.45) is 0. The first kappa shape index (κ1) is 14.4. The van der Waals surface area contributed by atoms with Crippen LogP contribution in [-0.4, -0.2) is 19.0 Å². The number of halogens is 1. The summed E-state index contributed by atoms with van der Waals surface area (Å²) in [5, 5.41) is 7.20. The molecule has 1 heterocycles. The minimum atomic E-state index is -0.252. The first-order chi connectivity index (χ1) is 9.51. The number of hydrogen-bond acceptors (Lipinski definition) is 2. The second-order valence-electron chi connectivity index (χ2n) is 5.02. The Kier molecular flexibility index (Phi) is 4.27. The third-order valence-electron chi connectivity index (χ3n) is 3.06. The van der Waals surface area contributed by atoms with E-state index in [4.69, 9.17) is 4.42 Å². The molecule has 0 aliphatic carbocycles. The molecule has 2 rings (SSSR count). The number of furan rings is 1. The first-order valence-electron chi connectivity index (χ1n) is 6.66. The molecule has 0 atom stereocenters. The van der Waals surface area contributed by atoms with Crippen molar-refractivity contribution < 1.29 is 8.81 Å². The van der Waals surface area contributed by atoms with Crippen LogP contribution in [0.15, 0.2) is 27.6 Å². The summed E-state index contributed by atoms with van der Waals surface area (Å²) in [5.74, 6) is 1.25. The monoisotopic (exact) mass is 277 g/mol. The van der Waals surface area contributed by atoms with E-state index in [1.165, 1.54) is 12.1 Å². The molecule has 0 bridgehead atoms. The largest absolute Gasteiger partial charge is 0.459 e. The normalized spacial score (nSPS) is 12.2. The molecule has 5 heteroatoms. The topological polar surface area (TPSA) is 49.6 Å². The van der Waals surface area contributed by atoms with E-state index in [2.05, 4.69) is 15.6 Å². The second-order valence-corrected chi connectivity index (χ2v) is 5.02. The summed E-state index contributed by atoms with van der Waals surface area (Å²) in [7, 11) is 1.72. The summed E-state index contributed by atoms with van der Waals surface area (Å²) in [6, 6.07) is 4.86. The van der Waals surface area contributed by atoms with Crippen LogP contribution in [0.3, 0.4) is 0 Å². The van der Waals surface area contributed by atoms with Crippen LogP contribution in [0.5, 0.6) is 0 Å². The molecule has 0 amide bonds. The average molecular weight is 277 g/mol. The van der Waals surface area contributed by atoms with Gasteiger partial charge in [-0.2, -0.15) is 0 Å². The summed E-state index contributed by atoms with van der Waals surface area (Å²) in [4.78, 5) is 4.13. The van der Waals surface area contributed by atoms with E-state index < -0.39 is 0 Å². The Morgan fingerprint density at radius 2 is 2.15 bits per heavy atom. The molecule has 0 saturated carbocycles. The van der Waals surface area contributed by atoms with Crippen molar-refractivity contribution >= 4 is 16.9 Å². The van der Waals surface area contributed by atoms with Gasteiger partial charge in [0.15, 0.2) is 5.96 Å². The van der Waals surface area contributed by atoms with E-state index in [-0.39, 0.29) is 5.82 Å². The molecule has 0 saturated heterocycles. The quantitative estimate of drug-likeness (QED) is 0.670. The Morgan fingerprint density at radius 1 is 1.40 bits per heavy atom. The lowest BCUT2D eigenvalue weighted by Crippen LogP contribution is -2.40. The van der Waals surface area contributed by atoms with Crippen LogP contribution in [0.1, 0.15) is 25.2 Å². The molecule has 2 aromatic rings. The van der Waals surface area contributed by atoms with Crippen LogP contribution in [0.2, 0.25) is 0 Å². The van der Waals surface area contributed by atoms with Crippen LogP contribution >= 0.6 is 0 Å². The Hall–Kier alpha value is -2.04. The number of benzene rings is 1. The molecular weight excluding hydrogens is 257 g/mol. The fourth-order valence-corrected chi connectivity index (χ4v) is 2.04. The van der Waals surface area contributed by atoms with Gasteiger partial charge in [0.25, 0.3) is 0 Å². The predicted molar refractivity (Wildman–Crippen MR) is 79.4 cm³/mol. The highest BCUT2D eigenvalue weighted by Gasteiger charge is 2.11. The van der Waals surface area contributed by atoms with Crippen molar-refractivity contribution in [3.8, 4) is 0 Å². The number of fused-ring (bicyclic) bond motifs is 1. The molecular formula is C15H20FN3O. The Balaban J connectivity index is 2.16. The third-order valence-corrected chi connectivity index (χ3v) is 3.06. The van der Waals surface area contributed by atoms with Gasteiger partial charge < -0.3 is 15.1 Å². The molecule has 108 valence electrons. The van der Waals surface area contributed by atoms with Crippen molar-refractivity contribution in [1.82, 2.24) is 10.6 Å². The number of guanidine groups is 1. The van der Waals surface area contributed by atoms with E-state index in [0.717, 1.165) is 16.7 Å². The molecule has 0 spiro atoms. The van der Waals surface area contributed by atoms with E-state index in [0.29, 0.717) is 24.1 Å². The third kappa shape index (κ3) is 3.10. The smallest absolute Gasteiger partial charge is 0.191 e. The van der Waals surface area contributed by atoms with Gasteiger partial charge in [0.05, 0.1) is 6.54 Å². The number of nitrogens with one attached hydrogen (secondary N) is 2. The highest BCUT2D eigenvalue weighted by molar-refractivity contribution is 5.83. The van der Waals surface area contributed by atoms with Crippen molar-refractivity contribution in [2.75, 3.05) is 7.05 Å². The number of hydrogen-bond donors (Lipinski definition) is 2. The summed E-state index contributed by atoms with van der Waals surface area (Å²) in [6.45, 7) is 6.53. The fourth-order valence-electron chi connectivity index (χ4n) is 2.04. The number of rotatable bonds is 3. The molecule has 0 aliphatic heterocycles. The maximum Gasteiger partial charge on any atom is 0.191 e. The van der Waals surface area contributed by atoms with Gasteiger partial charge in [-0.25, -0.2) is 4.39 Å². The van der Waals surface area contributed by atoms with Crippen LogP contribution < -0.4 is 10.6 Å². The minimum absolute atomic E-state index is 0.252. The molecule has 4 nitrogen and oxygen atoms in total. The fraction of sp³-hybridized carbons (Fsp3) is 0.400. The Labute approximate surface area is 118 Å². The Morgan fingerprint density at radius 3 is 2.80 bits per heavy atom. The number of aliphatic imine (C=N–C) groups is 1. The first-order valence-corrected chi connectivity index (χ1v) is 6.66. The van der Waals surface area contributed by atoms with Gasteiger partial charge in [0, 0.05) is 24.0 Å². The summed E-state index contributed by atoms with van der Waals surface area (Å²) in [5.41, 5.74) is 1.65. The van der Waals surface area contributed by atoms with E-state index in [9.17, 15) is 4.39 Å². The van der Waals surface area contributed by atoms with Gasteiger partial charge in [0.1, 0.15) is 17.2 Å². The summed E-state index contributed by atoms with van der Waals surface area (Å²) < 4.78 is 19.0. The van der Waals surface area contributed by atoms with Gasteiger partial charge in [-0.15, -0.1) is 0 Å². The maximum absolute atomic E-state index is 13.3. The minimum Gasteiger partial charge on any atom is -0.459 e. The van der Waals surface area contributed by atoms with Crippen molar-refractivity contribution in [3.05, 3.63) is 35.3 Å². The summed E-state index contributed by atoms with van der Waals surface area (Å²) >= 11 is 0. The van der Waals surface area contributed by atoms with Crippen LogP contribution in [0, 0.1) is 12.7 Å². The van der Waals surface area contributed by atoms with Crippen LogP contribution in [-0.2, 0) is 6.54 Å². The van der Waals surface area contributed by atoms with E-state index in [1.54, 1.807) is 13.1 Å². The van der Waals surface area contributed by atoms with Gasteiger partial charge in [-0.1, -0.05) is 0 Å². The predicted octanol–water partition coefficient (Wildman–Crippen LogP) is 2.95. The van der Waals surface area contributed by atoms with E-state index in [1.807, 2.05) is 20.8 Å².